The van der Waals surface area contributed by atoms with Gasteiger partial charge in [0, 0.05) is 44.6 Å². The summed E-state index contributed by atoms with van der Waals surface area (Å²) in [5, 5.41) is 32.1. The van der Waals surface area contributed by atoms with Crippen molar-refractivity contribution in [2.75, 3.05) is 13.1 Å². The number of unbranched alkanes of at least 4 members (excludes halogenated alkanes) is 12. The first-order valence-corrected chi connectivity index (χ1v) is 17.0. The van der Waals surface area contributed by atoms with Crippen LogP contribution in [0.2, 0.25) is 0 Å². The Morgan fingerprint density at radius 1 is 0.511 bits per heavy atom. The van der Waals surface area contributed by atoms with Crippen LogP contribution in [0.1, 0.15) is 148 Å². The van der Waals surface area contributed by atoms with Gasteiger partial charge in [-0.15, -0.1) is 0 Å². The summed E-state index contributed by atoms with van der Waals surface area (Å²) in [6.07, 6.45) is 15.9. The topological polar surface area (TPSA) is 213 Å². The molecule has 0 spiro atoms. The molecule has 0 rings (SSSR count). The second-order valence-corrected chi connectivity index (χ2v) is 12.0. The highest BCUT2D eigenvalue weighted by molar-refractivity contribution is 5.84. The molecule has 0 aromatic carbocycles. The molecule has 0 aliphatic carbocycles. The molecule has 0 aromatic rings. The number of hydrogen-bond donors (Lipinski definition) is 6. The van der Waals surface area contributed by atoms with Gasteiger partial charge in [-0.05, 0) is 51.5 Å². The van der Waals surface area contributed by atoms with Gasteiger partial charge in [-0.3, -0.25) is 24.0 Å². The monoisotopic (exact) mass is 641 g/mol. The molecule has 12 nitrogen and oxygen atoms in total. The van der Waals surface area contributed by atoms with Crippen LogP contribution in [0.3, 0.4) is 0 Å². The summed E-state index contributed by atoms with van der Waals surface area (Å²) in [5.41, 5.74) is 5.62. The van der Waals surface area contributed by atoms with E-state index in [0.717, 1.165) is 51.4 Å². The van der Waals surface area contributed by atoms with Gasteiger partial charge in [-0.1, -0.05) is 70.6 Å². The molecule has 0 bridgehead atoms. The van der Waals surface area contributed by atoms with E-state index in [4.69, 9.17) is 15.9 Å². The van der Waals surface area contributed by atoms with Crippen LogP contribution in [0.4, 0.5) is 0 Å². The Balaban J connectivity index is 3.95. The summed E-state index contributed by atoms with van der Waals surface area (Å²) in [6, 6.07) is -1.12. The number of amides is 2. The zero-order chi connectivity index (χ0) is 33.7. The van der Waals surface area contributed by atoms with Crippen molar-refractivity contribution in [2.45, 2.75) is 154 Å². The molecular formula is C33H59N3O9. The number of Topliss-reactive ketones (excluding diaryl/α,β-unsaturated/α-hetero) is 1. The second-order valence-electron chi connectivity index (χ2n) is 12.0. The molecule has 2 atom stereocenters. The SMILES string of the molecule is NCC[C@@H](CCCCNC(=O)CC[C@H](NC(=O)CCCCCCCCCCCCCCC(=O)O)C(=O)O)C(=O)CCCC(=O)O. The molecule has 0 saturated carbocycles. The smallest absolute Gasteiger partial charge is 0.326 e. The van der Waals surface area contributed by atoms with Crippen molar-refractivity contribution in [1.29, 1.82) is 0 Å². The largest absolute Gasteiger partial charge is 0.481 e. The van der Waals surface area contributed by atoms with Gasteiger partial charge in [-0.25, -0.2) is 4.79 Å². The van der Waals surface area contributed by atoms with E-state index < -0.39 is 23.9 Å². The third kappa shape index (κ3) is 27.0. The lowest BCUT2D eigenvalue weighted by atomic mass is 9.91. The number of carboxylic acids is 3. The maximum absolute atomic E-state index is 12.3. The molecule has 0 radical (unpaired) electrons. The van der Waals surface area contributed by atoms with Crippen molar-refractivity contribution < 1.29 is 44.1 Å². The average molecular weight is 642 g/mol. The standard InChI is InChI=1S/C33H59N3O9/c34-24-23-26(28(37)17-15-20-32(42)43)16-13-14-25-35-29(38)22-21-27(33(44)45)36-30(39)18-11-9-7-5-3-1-2-4-6-8-10-12-19-31(40)41/h26-27H,1-25,34H2,(H,35,38)(H,36,39)(H,40,41)(H,42,43)(H,44,45)/t26-,27+/m1/s1. The summed E-state index contributed by atoms with van der Waals surface area (Å²) in [4.78, 5) is 69.5. The van der Waals surface area contributed by atoms with E-state index in [0.29, 0.717) is 51.6 Å². The lowest BCUT2D eigenvalue weighted by molar-refractivity contribution is -0.142. The molecule has 0 unspecified atom stereocenters. The molecule has 0 fully saturated rings. The van der Waals surface area contributed by atoms with Crippen LogP contribution in [0.15, 0.2) is 0 Å². The number of hydrogen-bond acceptors (Lipinski definition) is 7. The van der Waals surface area contributed by atoms with E-state index in [-0.39, 0.29) is 62.0 Å². The average Bonchev–Trinajstić information content (AvgIpc) is 2.98. The van der Waals surface area contributed by atoms with Crippen LogP contribution in [0.5, 0.6) is 0 Å². The fraction of sp³-hybridized carbons (Fsp3) is 0.818. The second kappa shape index (κ2) is 28.5. The number of aliphatic carboxylic acids is 3. The fourth-order valence-corrected chi connectivity index (χ4v) is 5.25. The maximum atomic E-state index is 12.3. The van der Waals surface area contributed by atoms with E-state index in [9.17, 15) is 33.9 Å². The number of nitrogens with two attached hydrogens (primary N) is 1. The van der Waals surface area contributed by atoms with Gasteiger partial charge < -0.3 is 31.7 Å². The van der Waals surface area contributed by atoms with Crippen molar-refractivity contribution in [3.05, 3.63) is 0 Å². The highest BCUT2D eigenvalue weighted by Crippen LogP contribution is 2.17. The van der Waals surface area contributed by atoms with Gasteiger partial charge in [0.2, 0.25) is 11.8 Å². The van der Waals surface area contributed by atoms with E-state index in [1.165, 1.54) is 19.3 Å². The number of carbonyl (C=O) groups excluding carboxylic acids is 3. The van der Waals surface area contributed by atoms with E-state index >= 15 is 0 Å². The molecule has 0 aliphatic heterocycles. The summed E-state index contributed by atoms with van der Waals surface area (Å²) < 4.78 is 0. The molecule has 7 N–H and O–H groups in total. The van der Waals surface area contributed by atoms with Crippen LogP contribution >= 0.6 is 0 Å². The van der Waals surface area contributed by atoms with Gasteiger partial charge in [0.15, 0.2) is 0 Å². The molecular weight excluding hydrogens is 582 g/mol. The highest BCUT2D eigenvalue weighted by atomic mass is 16.4. The Kier molecular flexibility index (Phi) is 26.5. The molecule has 12 heteroatoms. The fourth-order valence-electron chi connectivity index (χ4n) is 5.25. The van der Waals surface area contributed by atoms with Crippen molar-refractivity contribution in [1.82, 2.24) is 10.6 Å². The van der Waals surface area contributed by atoms with Crippen LogP contribution in [0, 0.1) is 5.92 Å². The Labute approximate surface area is 268 Å². The van der Waals surface area contributed by atoms with Crippen LogP contribution in [-0.4, -0.2) is 70.0 Å². The zero-order valence-corrected chi connectivity index (χ0v) is 27.2. The normalized spacial score (nSPS) is 12.3. The molecule has 0 aromatic heterocycles. The molecule has 0 heterocycles. The molecule has 0 aliphatic rings. The number of nitrogens with one attached hydrogen (secondary N) is 2. The summed E-state index contributed by atoms with van der Waals surface area (Å²) in [6.45, 7) is 0.762. The molecule has 260 valence electrons. The minimum absolute atomic E-state index is 0.00133. The highest BCUT2D eigenvalue weighted by Gasteiger charge is 2.21. The van der Waals surface area contributed by atoms with Crippen LogP contribution < -0.4 is 16.4 Å². The van der Waals surface area contributed by atoms with Gasteiger partial charge in [0.05, 0.1) is 0 Å². The van der Waals surface area contributed by atoms with E-state index in [1.807, 2.05) is 0 Å². The van der Waals surface area contributed by atoms with Crippen LogP contribution in [0.25, 0.3) is 0 Å². The number of ketones is 1. The van der Waals surface area contributed by atoms with Crippen molar-refractivity contribution in [2.24, 2.45) is 11.7 Å². The first-order valence-electron chi connectivity index (χ1n) is 17.0. The zero-order valence-electron chi connectivity index (χ0n) is 27.2. The van der Waals surface area contributed by atoms with Gasteiger partial charge in [0.1, 0.15) is 11.8 Å². The Morgan fingerprint density at radius 3 is 1.53 bits per heavy atom. The molecule has 45 heavy (non-hydrogen) atoms. The van der Waals surface area contributed by atoms with Crippen LogP contribution in [-0.2, 0) is 28.8 Å². The molecule has 2 amide bonds. The Morgan fingerprint density at radius 2 is 1.02 bits per heavy atom. The number of carbonyl (C=O) groups is 6. The third-order valence-electron chi connectivity index (χ3n) is 7.92. The number of carboxylic acid groups (broad SMARTS) is 3. The Hall–Kier alpha value is -3.02. The minimum Gasteiger partial charge on any atom is -0.481 e. The summed E-state index contributed by atoms with van der Waals surface area (Å²) in [5.74, 6) is -3.63. The Bertz CT molecular complexity index is 866. The third-order valence-corrected chi connectivity index (χ3v) is 7.92. The first-order chi connectivity index (χ1) is 21.6. The summed E-state index contributed by atoms with van der Waals surface area (Å²) in [7, 11) is 0. The first kappa shape index (κ1) is 42.0. The number of rotatable bonds is 32. The van der Waals surface area contributed by atoms with Crippen molar-refractivity contribution in [3.63, 3.8) is 0 Å². The van der Waals surface area contributed by atoms with Crippen molar-refractivity contribution in [3.8, 4) is 0 Å². The van der Waals surface area contributed by atoms with E-state index in [2.05, 4.69) is 10.6 Å². The predicted octanol–water partition coefficient (Wildman–Crippen LogP) is 4.96. The lowest BCUT2D eigenvalue weighted by Gasteiger charge is -2.15. The van der Waals surface area contributed by atoms with Gasteiger partial charge in [0.25, 0.3) is 0 Å². The lowest BCUT2D eigenvalue weighted by Crippen LogP contribution is -2.41. The maximum Gasteiger partial charge on any atom is 0.326 e. The quantitative estimate of drug-likeness (QED) is 0.0543. The predicted molar refractivity (Wildman–Crippen MR) is 172 cm³/mol. The molecule has 0 saturated heterocycles. The van der Waals surface area contributed by atoms with Gasteiger partial charge >= 0.3 is 17.9 Å². The van der Waals surface area contributed by atoms with Gasteiger partial charge in [-0.2, -0.15) is 0 Å². The summed E-state index contributed by atoms with van der Waals surface area (Å²) >= 11 is 0. The minimum atomic E-state index is -1.17. The van der Waals surface area contributed by atoms with Crippen molar-refractivity contribution >= 4 is 35.5 Å². The van der Waals surface area contributed by atoms with E-state index in [1.54, 1.807) is 0 Å².